The van der Waals surface area contributed by atoms with Crippen LogP contribution in [0.5, 0.6) is 0 Å². The molecular weight excluding hydrogens is 352 g/mol. The zero-order chi connectivity index (χ0) is 19.4. The lowest BCUT2D eigenvalue weighted by molar-refractivity contribution is -0.682. The number of amides is 2. The van der Waals surface area contributed by atoms with Gasteiger partial charge in [0.2, 0.25) is 0 Å². The van der Waals surface area contributed by atoms with E-state index < -0.39 is 11.6 Å². The summed E-state index contributed by atoms with van der Waals surface area (Å²) in [4.78, 5) is 24.5. The number of halogens is 2. The lowest BCUT2D eigenvalue weighted by Crippen LogP contribution is -2.86. The fourth-order valence-electron chi connectivity index (χ4n) is 2.76. The molecule has 3 rings (SSSR count). The van der Waals surface area contributed by atoms with Crippen molar-refractivity contribution in [3.63, 3.8) is 0 Å². The smallest absolute Gasteiger partial charge is 0.279 e. The minimum Gasteiger partial charge on any atom is -0.349 e. The number of quaternary nitrogens is 1. The second-order valence-electron chi connectivity index (χ2n) is 6.74. The highest BCUT2D eigenvalue weighted by atomic mass is 19.1. The van der Waals surface area contributed by atoms with Crippen LogP contribution in [0.15, 0.2) is 42.5 Å². The van der Waals surface area contributed by atoms with Gasteiger partial charge in [0.05, 0.1) is 11.3 Å². The third kappa shape index (κ3) is 5.10. The van der Waals surface area contributed by atoms with Crippen molar-refractivity contribution >= 4 is 17.5 Å². The molecule has 0 aliphatic heterocycles. The number of nitrogens with one attached hydrogen (secondary N) is 2. The van der Waals surface area contributed by atoms with Gasteiger partial charge in [-0.3, -0.25) is 9.59 Å². The molecule has 1 aliphatic rings. The summed E-state index contributed by atoms with van der Waals surface area (Å²) in [7, 11) is 0. The van der Waals surface area contributed by atoms with Crippen molar-refractivity contribution in [2.24, 2.45) is 0 Å². The number of benzene rings is 2. The lowest BCUT2D eigenvalue weighted by atomic mass is 10.1. The van der Waals surface area contributed by atoms with Gasteiger partial charge < -0.3 is 16.0 Å². The Morgan fingerprint density at radius 2 is 1.93 bits per heavy atom. The van der Waals surface area contributed by atoms with E-state index in [0.717, 1.165) is 18.9 Å². The lowest BCUT2D eigenvalue weighted by Gasteiger charge is -2.13. The fraction of sp³-hybridized carbons (Fsp3) is 0.300. The second-order valence-corrected chi connectivity index (χ2v) is 6.74. The van der Waals surface area contributed by atoms with Crippen LogP contribution in [0, 0.1) is 11.6 Å². The van der Waals surface area contributed by atoms with Crippen LogP contribution in [0.3, 0.4) is 0 Å². The number of hydrogen-bond donors (Lipinski definition) is 3. The summed E-state index contributed by atoms with van der Waals surface area (Å²) in [5.74, 6) is -1.79. The van der Waals surface area contributed by atoms with Crippen LogP contribution in [0.1, 0.15) is 41.7 Å². The van der Waals surface area contributed by atoms with Crippen LogP contribution in [-0.2, 0) is 4.79 Å². The summed E-state index contributed by atoms with van der Waals surface area (Å²) in [6, 6.07) is 10.1. The van der Waals surface area contributed by atoms with Crippen LogP contribution < -0.4 is 16.0 Å². The SMILES string of the molecule is C[C@@H]([NH2+]CC(=O)Nc1ccccc1C(=O)NC1CC1)c1ccc(F)cc1F. The number of carbonyl (C=O) groups is 2. The predicted octanol–water partition coefficient (Wildman–Crippen LogP) is 2.12. The van der Waals surface area contributed by atoms with E-state index >= 15 is 0 Å². The first-order valence-corrected chi connectivity index (χ1v) is 8.92. The number of para-hydroxylation sites is 1. The highest BCUT2D eigenvalue weighted by Gasteiger charge is 2.25. The number of hydrogen-bond acceptors (Lipinski definition) is 2. The summed E-state index contributed by atoms with van der Waals surface area (Å²) in [6.45, 7) is 1.77. The largest absolute Gasteiger partial charge is 0.349 e. The highest BCUT2D eigenvalue weighted by Crippen LogP contribution is 2.21. The molecule has 0 bridgehead atoms. The molecular formula is C20H22F2N3O2+. The van der Waals surface area contributed by atoms with Crippen molar-refractivity contribution in [3.8, 4) is 0 Å². The van der Waals surface area contributed by atoms with Gasteiger partial charge in [-0.05, 0) is 44.0 Å². The van der Waals surface area contributed by atoms with Crippen LogP contribution in [-0.4, -0.2) is 24.4 Å². The highest BCUT2D eigenvalue weighted by molar-refractivity contribution is 6.04. The molecule has 0 spiro atoms. The molecule has 2 amide bonds. The van der Waals surface area contributed by atoms with E-state index in [1.807, 2.05) is 0 Å². The summed E-state index contributed by atoms with van der Waals surface area (Å²) in [5.41, 5.74) is 1.18. The van der Waals surface area contributed by atoms with Gasteiger partial charge >= 0.3 is 0 Å². The quantitative estimate of drug-likeness (QED) is 0.695. The third-order valence-electron chi connectivity index (χ3n) is 4.47. The minimum atomic E-state index is -0.638. The van der Waals surface area contributed by atoms with Crippen LogP contribution >= 0.6 is 0 Å². The van der Waals surface area contributed by atoms with Crippen molar-refractivity contribution in [2.45, 2.75) is 31.8 Å². The van der Waals surface area contributed by atoms with Gasteiger partial charge in [0, 0.05) is 17.7 Å². The van der Waals surface area contributed by atoms with Crippen molar-refractivity contribution < 1.29 is 23.7 Å². The molecule has 2 aromatic rings. The summed E-state index contributed by atoms with van der Waals surface area (Å²) in [5, 5.41) is 7.28. The van der Waals surface area contributed by atoms with Crippen LogP contribution in [0.4, 0.5) is 14.5 Å². The van der Waals surface area contributed by atoms with Gasteiger partial charge in [0.15, 0.2) is 6.54 Å². The molecule has 5 nitrogen and oxygen atoms in total. The predicted molar refractivity (Wildman–Crippen MR) is 97.1 cm³/mol. The third-order valence-corrected chi connectivity index (χ3v) is 4.47. The molecule has 1 fully saturated rings. The van der Waals surface area contributed by atoms with Crippen LogP contribution in [0.2, 0.25) is 0 Å². The van der Waals surface area contributed by atoms with Crippen molar-refractivity contribution in [2.75, 3.05) is 11.9 Å². The zero-order valence-electron chi connectivity index (χ0n) is 15.0. The molecule has 0 heterocycles. The maximum atomic E-state index is 13.8. The first-order chi connectivity index (χ1) is 12.9. The van der Waals surface area contributed by atoms with Crippen LogP contribution in [0.25, 0.3) is 0 Å². The van der Waals surface area contributed by atoms with Gasteiger partial charge in [-0.1, -0.05) is 12.1 Å². The maximum absolute atomic E-state index is 13.8. The Hall–Kier alpha value is -2.80. The topological polar surface area (TPSA) is 74.8 Å². The Morgan fingerprint density at radius 3 is 2.63 bits per heavy atom. The van der Waals surface area contributed by atoms with E-state index in [9.17, 15) is 18.4 Å². The minimum absolute atomic E-state index is 0.0383. The van der Waals surface area contributed by atoms with Crippen molar-refractivity contribution in [1.82, 2.24) is 5.32 Å². The van der Waals surface area contributed by atoms with E-state index in [0.29, 0.717) is 16.8 Å². The Kier molecular flexibility index (Phi) is 5.81. The van der Waals surface area contributed by atoms with E-state index in [1.165, 1.54) is 12.1 Å². The summed E-state index contributed by atoms with van der Waals surface area (Å²) < 4.78 is 26.8. The van der Waals surface area contributed by atoms with Crippen molar-refractivity contribution in [1.29, 1.82) is 0 Å². The number of nitrogens with two attached hydrogens (primary N) is 1. The normalized spacial score (nSPS) is 14.5. The molecule has 0 unspecified atom stereocenters. The second kappa shape index (κ2) is 8.26. The number of rotatable bonds is 7. The molecule has 142 valence electrons. The van der Waals surface area contributed by atoms with E-state index in [-0.39, 0.29) is 30.4 Å². The van der Waals surface area contributed by atoms with Gasteiger partial charge in [-0.2, -0.15) is 0 Å². The maximum Gasteiger partial charge on any atom is 0.279 e. The van der Waals surface area contributed by atoms with Crippen molar-refractivity contribution in [3.05, 3.63) is 65.2 Å². The fourth-order valence-corrected chi connectivity index (χ4v) is 2.76. The Bertz CT molecular complexity index is 853. The Morgan fingerprint density at radius 1 is 1.19 bits per heavy atom. The molecule has 1 atom stereocenters. The molecule has 2 aromatic carbocycles. The van der Waals surface area contributed by atoms with E-state index in [1.54, 1.807) is 36.5 Å². The Balaban J connectivity index is 1.58. The number of anilines is 1. The standard InChI is InChI=1S/C20H21F2N3O2/c1-12(15-9-6-13(21)10-17(15)22)23-11-19(26)25-18-5-3-2-4-16(18)20(27)24-14-7-8-14/h2-6,9-10,12,14,23H,7-8,11H2,1H3,(H,24,27)(H,25,26)/p+1/t12-/m1/s1. The molecule has 0 aromatic heterocycles. The number of carbonyl (C=O) groups excluding carboxylic acids is 2. The molecule has 1 saturated carbocycles. The first kappa shape index (κ1) is 19.0. The Labute approximate surface area is 156 Å². The van der Waals surface area contributed by atoms with Gasteiger partial charge in [-0.25, -0.2) is 8.78 Å². The molecule has 0 radical (unpaired) electrons. The average molecular weight is 374 g/mol. The van der Waals surface area contributed by atoms with E-state index in [2.05, 4.69) is 10.6 Å². The van der Waals surface area contributed by atoms with Gasteiger partial charge in [-0.15, -0.1) is 0 Å². The van der Waals surface area contributed by atoms with E-state index in [4.69, 9.17) is 0 Å². The summed E-state index contributed by atoms with van der Waals surface area (Å²) >= 11 is 0. The molecule has 1 aliphatic carbocycles. The average Bonchev–Trinajstić information content (AvgIpc) is 3.44. The van der Waals surface area contributed by atoms with Gasteiger partial charge in [0.1, 0.15) is 17.7 Å². The zero-order valence-corrected chi connectivity index (χ0v) is 15.0. The molecule has 7 heteroatoms. The van der Waals surface area contributed by atoms with Gasteiger partial charge in [0.25, 0.3) is 11.8 Å². The summed E-state index contributed by atoms with van der Waals surface area (Å²) in [6.07, 6.45) is 1.96. The molecule has 27 heavy (non-hydrogen) atoms. The monoisotopic (exact) mass is 374 g/mol. The first-order valence-electron chi connectivity index (χ1n) is 8.92. The molecule has 0 saturated heterocycles. The molecule has 4 N–H and O–H groups in total.